The SMILES string of the molecule is Nc1ccc2c(ccn2Cc2cc(F)cc(F)c2)c1. The summed E-state index contributed by atoms with van der Waals surface area (Å²) in [7, 11) is 0. The topological polar surface area (TPSA) is 30.9 Å². The van der Waals surface area contributed by atoms with Gasteiger partial charge in [-0.2, -0.15) is 0 Å². The highest BCUT2D eigenvalue weighted by molar-refractivity contribution is 5.83. The zero-order valence-electron chi connectivity index (χ0n) is 10.1. The molecule has 0 unspecified atom stereocenters. The molecule has 0 spiro atoms. The van der Waals surface area contributed by atoms with Crippen LogP contribution in [0.3, 0.4) is 0 Å². The molecule has 0 atom stereocenters. The van der Waals surface area contributed by atoms with Gasteiger partial charge in [-0.3, -0.25) is 0 Å². The van der Waals surface area contributed by atoms with Gasteiger partial charge in [-0.05, 0) is 42.0 Å². The smallest absolute Gasteiger partial charge is 0.126 e. The highest BCUT2D eigenvalue weighted by Crippen LogP contribution is 2.20. The second kappa shape index (κ2) is 4.39. The fourth-order valence-electron chi connectivity index (χ4n) is 2.26. The fraction of sp³-hybridized carbons (Fsp3) is 0.0667. The molecule has 0 saturated carbocycles. The number of hydrogen-bond donors (Lipinski definition) is 1. The molecule has 0 radical (unpaired) electrons. The van der Waals surface area contributed by atoms with Crippen molar-refractivity contribution in [3.05, 3.63) is 65.9 Å². The Hall–Kier alpha value is -2.36. The molecule has 19 heavy (non-hydrogen) atoms. The molecule has 0 fully saturated rings. The summed E-state index contributed by atoms with van der Waals surface area (Å²) in [5.41, 5.74) is 7.99. The number of anilines is 1. The van der Waals surface area contributed by atoms with E-state index in [9.17, 15) is 8.78 Å². The normalized spacial score (nSPS) is 11.1. The highest BCUT2D eigenvalue weighted by Gasteiger charge is 2.05. The van der Waals surface area contributed by atoms with Crippen molar-refractivity contribution in [3.8, 4) is 0 Å². The monoisotopic (exact) mass is 258 g/mol. The van der Waals surface area contributed by atoms with Crippen LogP contribution >= 0.6 is 0 Å². The molecular weight excluding hydrogens is 246 g/mol. The Morgan fingerprint density at radius 3 is 2.42 bits per heavy atom. The van der Waals surface area contributed by atoms with Gasteiger partial charge in [-0.15, -0.1) is 0 Å². The quantitative estimate of drug-likeness (QED) is 0.700. The van der Waals surface area contributed by atoms with Crippen molar-refractivity contribution in [2.24, 2.45) is 0 Å². The molecule has 0 amide bonds. The first-order valence-corrected chi connectivity index (χ1v) is 5.91. The Labute approximate surface area is 109 Å². The number of hydrogen-bond acceptors (Lipinski definition) is 1. The molecule has 2 N–H and O–H groups in total. The number of rotatable bonds is 2. The van der Waals surface area contributed by atoms with E-state index in [0.29, 0.717) is 17.8 Å². The maximum atomic E-state index is 13.2. The van der Waals surface area contributed by atoms with Crippen molar-refractivity contribution in [2.75, 3.05) is 5.73 Å². The highest BCUT2D eigenvalue weighted by atomic mass is 19.1. The van der Waals surface area contributed by atoms with Crippen molar-refractivity contribution < 1.29 is 8.78 Å². The van der Waals surface area contributed by atoms with E-state index in [1.165, 1.54) is 12.1 Å². The van der Waals surface area contributed by atoms with Gasteiger partial charge in [0.15, 0.2) is 0 Å². The van der Waals surface area contributed by atoms with Gasteiger partial charge in [0, 0.05) is 35.4 Å². The maximum Gasteiger partial charge on any atom is 0.126 e. The molecule has 0 saturated heterocycles. The van der Waals surface area contributed by atoms with Crippen LogP contribution in [0.2, 0.25) is 0 Å². The molecule has 2 nitrogen and oxygen atoms in total. The van der Waals surface area contributed by atoms with Crippen LogP contribution in [0.4, 0.5) is 14.5 Å². The van der Waals surface area contributed by atoms with Gasteiger partial charge in [-0.25, -0.2) is 8.78 Å². The molecule has 0 aliphatic carbocycles. The van der Waals surface area contributed by atoms with Crippen LogP contribution in [0.1, 0.15) is 5.56 Å². The fourth-order valence-corrected chi connectivity index (χ4v) is 2.26. The predicted molar refractivity (Wildman–Crippen MR) is 71.8 cm³/mol. The summed E-state index contributed by atoms with van der Waals surface area (Å²) in [6, 6.07) is 11.1. The second-order valence-corrected chi connectivity index (χ2v) is 4.54. The third-order valence-electron chi connectivity index (χ3n) is 3.07. The minimum absolute atomic E-state index is 0.419. The molecular formula is C15H12F2N2. The largest absolute Gasteiger partial charge is 0.399 e. The number of fused-ring (bicyclic) bond motifs is 1. The minimum Gasteiger partial charge on any atom is -0.399 e. The van der Waals surface area contributed by atoms with Gasteiger partial charge < -0.3 is 10.3 Å². The van der Waals surface area contributed by atoms with E-state index in [4.69, 9.17) is 5.73 Å². The van der Waals surface area contributed by atoms with E-state index >= 15 is 0 Å². The summed E-state index contributed by atoms with van der Waals surface area (Å²) in [4.78, 5) is 0. The van der Waals surface area contributed by atoms with Crippen LogP contribution in [0.15, 0.2) is 48.7 Å². The molecule has 0 aliphatic heterocycles. The van der Waals surface area contributed by atoms with E-state index in [-0.39, 0.29) is 0 Å². The molecule has 0 bridgehead atoms. The van der Waals surface area contributed by atoms with Crippen molar-refractivity contribution in [1.29, 1.82) is 0 Å². The van der Waals surface area contributed by atoms with Crippen molar-refractivity contribution in [1.82, 2.24) is 4.57 Å². The number of aromatic nitrogens is 1. The van der Waals surface area contributed by atoms with Crippen LogP contribution in [0, 0.1) is 11.6 Å². The lowest BCUT2D eigenvalue weighted by Gasteiger charge is -2.06. The van der Waals surface area contributed by atoms with Crippen LogP contribution in [0.25, 0.3) is 10.9 Å². The van der Waals surface area contributed by atoms with Gasteiger partial charge >= 0.3 is 0 Å². The summed E-state index contributed by atoms with van der Waals surface area (Å²) < 4.78 is 28.2. The number of nitrogens with two attached hydrogens (primary N) is 1. The average molecular weight is 258 g/mol. The Morgan fingerprint density at radius 1 is 0.947 bits per heavy atom. The lowest BCUT2D eigenvalue weighted by Crippen LogP contribution is -1.99. The van der Waals surface area contributed by atoms with Gasteiger partial charge in [-0.1, -0.05) is 0 Å². The summed E-state index contributed by atoms with van der Waals surface area (Å²) in [6.45, 7) is 0.419. The first kappa shape index (κ1) is 11.7. The number of nitrogen functional groups attached to an aromatic ring is 1. The zero-order chi connectivity index (χ0) is 13.4. The second-order valence-electron chi connectivity index (χ2n) is 4.54. The Bertz CT molecular complexity index is 727. The average Bonchev–Trinajstić information content (AvgIpc) is 2.70. The van der Waals surface area contributed by atoms with Crippen LogP contribution in [-0.4, -0.2) is 4.57 Å². The third-order valence-corrected chi connectivity index (χ3v) is 3.07. The van der Waals surface area contributed by atoms with Crippen molar-refractivity contribution >= 4 is 16.6 Å². The standard InChI is InChI=1S/C15H12F2N2/c16-12-5-10(6-13(17)8-12)9-19-4-3-11-7-14(18)1-2-15(11)19/h1-8H,9,18H2. The van der Waals surface area contributed by atoms with Gasteiger partial charge in [0.2, 0.25) is 0 Å². The van der Waals surface area contributed by atoms with Crippen molar-refractivity contribution in [2.45, 2.75) is 6.54 Å². The molecule has 4 heteroatoms. The molecule has 3 aromatic rings. The van der Waals surface area contributed by atoms with Gasteiger partial charge in [0.1, 0.15) is 11.6 Å². The number of benzene rings is 2. The predicted octanol–water partition coefficient (Wildman–Crippen LogP) is 3.55. The summed E-state index contributed by atoms with van der Waals surface area (Å²) in [5, 5.41) is 1.01. The van der Waals surface area contributed by atoms with Crippen molar-refractivity contribution in [3.63, 3.8) is 0 Å². The van der Waals surface area contributed by atoms with E-state index < -0.39 is 11.6 Å². The third kappa shape index (κ3) is 2.29. The van der Waals surface area contributed by atoms with E-state index in [0.717, 1.165) is 17.0 Å². The molecule has 96 valence electrons. The van der Waals surface area contributed by atoms with E-state index in [2.05, 4.69) is 0 Å². The first-order valence-electron chi connectivity index (χ1n) is 5.91. The molecule has 2 aromatic carbocycles. The summed E-state index contributed by atoms with van der Waals surface area (Å²) in [6.07, 6.45) is 1.88. The molecule has 1 heterocycles. The van der Waals surface area contributed by atoms with Crippen LogP contribution in [-0.2, 0) is 6.54 Å². The molecule has 1 aromatic heterocycles. The van der Waals surface area contributed by atoms with E-state index in [1.807, 2.05) is 35.0 Å². The lowest BCUT2D eigenvalue weighted by molar-refractivity contribution is 0.578. The van der Waals surface area contributed by atoms with Gasteiger partial charge in [0.05, 0.1) is 0 Å². The minimum atomic E-state index is -0.560. The maximum absolute atomic E-state index is 13.2. The Morgan fingerprint density at radius 2 is 1.68 bits per heavy atom. The first-order chi connectivity index (χ1) is 9.11. The van der Waals surface area contributed by atoms with Crippen LogP contribution in [0.5, 0.6) is 0 Å². The van der Waals surface area contributed by atoms with Crippen LogP contribution < -0.4 is 5.73 Å². The lowest BCUT2D eigenvalue weighted by atomic mass is 10.2. The summed E-state index contributed by atoms with van der Waals surface area (Å²) in [5.74, 6) is -1.12. The number of nitrogens with zero attached hydrogens (tertiary/aromatic N) is 1. The Kier molecular flexibility index (Phi) is 2.71. The molecule has 3 rings (SSSR count). The molecule has 0 aliphatic rings. The Balaban J connectivity index is 2.01. The summed E-state index contributed by atoms with van der Waals surface area (Å²) >= 11 is 0. The van der Waals surface area contributed by atoms with Gasteiger partial charge in [0.25, 0.3) is 0 Å². The van der Waals surface area contributed by atoms with E-state index in [1.54, 1.807) is 0 Å². The zero-order valence-corrected chi connectivity index (χ0v) is 10.1. The number of halogens is 2.